The molecule has 0 aliphatic heterocycles. The molecular formula is C64H95N7O9S. The molecule has 3 unspecified atom stereocenters. The van der Waals surface area contributed by atoms with E-state index in [9.17, 15) is 24.3 Å². The molecule has 0 saturated carbocycles. The summed E-state index contributed by atoms with van der Waals surface area (Å²) in [6.07, 6.45) is 7.27. The van der Waals surface area contributed by atoms with Gasteiger partial charge in [-0.1, -0.05) is 91.3 Å². The fourth-order valence-corrected chi connectivity index (χ4v) is 9.11. The molecule has 0 aliphatic rings. The number of ketones is 1. The van der Waals surface area contributed by atoms with E-state index in [1.54, 1.807) is 25.2 Å². The molecule has 0 bridgehead atoms. The van der Waals surface area contributed by atoms with Gasteiger partial charge in [0.15, 0.2) is 5.78 Å². The summed E-state index contributed by atoms with van der Waals surface area (Å²) in [5.74, 6) is 3.65. The number of hydrogen-bond acceptors (Lipinski definition) is 14. The number of nitrogens with one attached hydrogen (secondary N) is 3. The van der Waals surface area contributed by atoms with Crippen molar-refractivity contribution in [3.63, 3.8) is 0 Å². The third-order valence-electron chi connectivity index (χ3n) is 13.9. The minimum atomic E-state index is -0.000891. The molecule has 2 aromatic heterocycles. The highest BCUT2D eigenvalue weighted by atomic mass is 32.1. The summed E-state index contributed by atoms with van der Waals surface area (Å²) in [5, 5.41) is 23.9. The number of benzene rings is 3. The van der Waals surface area contributed by atoms with Gasteiger partial charge in [0.25, 0.3) is 0 Å². The maximum absolute atomic E-state index is 11.4. The van der Waals surface area contributed by atoms with E-state index < -0.39 is 0 Å². The Morgan fingerprint density at radius 3 is 1.96 bits per heavy atom. The van der Waals surface area contributed by atoms with Crippen molar-refractivity contribution in [3.8, 4) is 11.5 Å². The molecule has 2 amide bonds. The molecule has 16 nitrogen and oxygen atoms in total. The number of primary amides is 1. The zero-order valence-electron chi connectivity index (χ0n) is 50.9. The van der Waals surface area contributed by atoms with Crippen LogP contribution in [-0.2, 0) is 41.5 Å². The summed E-state index contributed by atoms with van der Waals surface area (Å²) in [7, 11) is 3.52. The molecule has 5 rings (SSSR count). The number of phenolic OH excluding ortho intramolecular Hbond substituents is 1. The fourth-order valence-electron chi connectivity index (χ4n) is 8.02. The van der Waals surface area contributed by atoms with Gasteiger partial charge in [-0.2, -0.15) is 10.2 Å². The van der Waals surface area contributed by atoms with Crippen LogP contribution in [0.2, 0.25) is 0 Å². The third-order valence-corrected chi connectivity index (χ3v) is 15.0. The van der Waals surface area contributed by atoms with E-state index in [2.05, 4.69) is 118 Å². The molecule has 0 saturated heterocycles. The molecule has 3 aromatic carbocycles. The average molecular weight is 1140 g/mol. The van der Waals surface area contributed by atoms with Gasteiger partial charge in [0.05, 0.1) is 37.5 Å². The summed E-state index contributed by atoms with van der Waals surface area (Å²) >= 11 is 1.81. The van der Waals surface area contributed by atoms with E-state index in [0.717, 1.165) is 78.0 Å². The van der Waals surface area contributed by atoms with Crippen molar-refractivity contribution in [3.05, 3.63) is 117 Å². The quantitative estimate of drug-likeness (QED) is 0.00992. The van der Waals surface area contributed by atoms with Gasteiger partial charge in [0.2, 0.25) is 12.3 Å². The second kappa shape index (κ2) is 41.4. The number of nitrogens with two attached hydrogens (primary N) is 1. The number of ether oxygens (including phenoxy) is 3. The predicted molar refractivity (Wildman–Crippen MR) is 333 cm³/mol. The smallest absolute Gasteiger partial charge is 0.219 e. The third kappa shape index (κ3) is 27.6. The molecule has 17 heteroatoms. The first-order chi connectivity index (χ1) is 38.7. The maximum atomic E-state index is 11.4. The van der Waals surface area contributed by atoms with Crippen molar-refractivity contribution in [1.29, 1.82) is 0 Å². The SMILES string of the molecule is C=C(c1ccc(O)cc1)c1c(C)sc(C)c1C.CC(=O)c1cccc2[nH]c(CCC=O)nc12.CCC(C)C(C=O)CCC(=O)NC.CCC(C)[C@@H](Cc1ccc(OCCOCCOCCNC)cc1)/C(C)=N/N=C(/C)C(C)C.NC=O. The zero-order chi connectivity index (χ0) is 60.9. The van der Waals surface area contributed by atoms with E-state index in [1.165, 1.54) is 33.4 Å². The van der Waals surface area contributed by atoms with E-state index in [-0.39, 0.29) is 29.8 Å². The van der Waals surface area contributed by atoms with Crippen molar-refractivity contribution in [2.45, 2.75) is 128 Å². The Hall–Kier alpha value is -6.66. The number of imidazole rings is 1. The topological polar surface area (TPSA) is 237 Å². The number of phenols is 1. The summed E-state index contributed by atoms with van der Waals surface area (Å²) in [6, 6.07) is 21.0. The van der Waals surface area contributed by atoms with Crippen LogP contribution in [-0.4, -0.2) is 111 Å². The lowest BCUT2D eigenvalue weighted by atomic mass is 9.83. The number of likely N-dealkylation sites (N-methyl/N-ethyl adjacent to an activating group) is 1. The fraction of sp³-hybridized carbons (Fsp3) is 0.500. The van der Waals surface area contributed by atoms with Crippen LogP contribution in [0, 0.1) is 50.4 Å². The molecule has 0 spiro atoms. The lowest BCUT2D eigenvalue weighted by molar-refractivity contribution is -0.121. The van der Waals surface area contributed by atoms with Crippen molar-refractivity contribution in [1.82, 2.24) is 20.6 Å². The average Bonchev–Trinajstić information content (AvgIpc) is 4.13. The second-order valence-corrected chi connectivity index (χ2v) is 21.5. The minimum Gasteiger partial charge on any atom is -0.508 e. The monoisotopic (exact) mass is 1140 g/mol. The lowest BCUT2D eigenvalue weighted by Crippen LogP contribution is -2.22. The van der Waals surface area contributed by atoms with Gasteiger partial charge in [-0.05, 0) is 143 Å². The predicted octanol–water partition coefficient (Wildman–Crippen LogP) is 11.8. The van der Waals surface area contributed by atoms with E-state index in [4.69, 9.17) is 19.0 Å². The van der Waals surface area contributed by atoms with Crippen LogP contribution in [0.4, 0.5) is 0 Å². The van der Waals surface area contributed by atoms with Gasteiger partial charge in [-0.15, -0.1) is 11.3 Å². The highest BCUT2D eigenvalue weighted by molar-refractivity contribution is 7.12. The van der Waals surface area contributed by atoms with Gasteiger partial charge in [-0.3, -0.25) is 14.4 Å². The molecule has 0 radical (unpaired) electrons. The number of rotatable bonds is 29. The number of carbonyl (C=O) groups excluding carboxylic acids is 5. The number of carbonyl (C=O) groups is 5. The number of thiophene rings is 1. The Balaban J connectivity index is 0.000000566. The Labute approximate surface area is 487 Å². The highest BCUT2D eigenvalue weighted by Gasteiger charge is 2.21. The van der Waals surface area contributed by atoms with Gasteiger partial charge in [0, 0.05) is 71.4 Å². The van der Waals surface area contributed by atoms with Crippen LogP contribution in [0.25, 0.3) is 16.6 Å². The number of aromatic hydroxyl groups is 1. The number of Topliss-reactive ketones (excluding diaryl/α,β-unsaturated/α-hetero) is 1. The summed E-state index contributed by atoms with van der Waals surface area (Å²) in [6.45, 7) is 33.0. The molecule has 0 aliphatic carbocycles. The summed E-state index contributed by atoms with van der Waals surface area (Å²) in [4.78, 5) is 61.9. The van der Waals surface area contributed by atoms with Crippen LogP contribution in [0.3, 0.4) is 0 Å². The number of aryl methyl sites for hydroxylation is 3. The lowest BCUT2D eigenvalue weighted by Gasteiger charge is -2.23. The first kappa shape index (κ1) is 72.4. The number of aromatic nitrogens is 2. The number of fused-ring (bicyclic) bond motifs is 1. The van der Waals surface area contributed by atoms with Crippen LogP contribution in [0.15, 0.2) is 83.5 Å². The number of aromatic amines is 1. The Morgan fingerprint density at radius 2 is 1.43 bits per heavy atom. The molecule has 446 valence electrons. The highest BCUT2D eigenvalue weighted by Crippen LogP contribution is 2.35. The Kier molecular flexibility index (Phi) is 36.9. The first-order valence-electron chi connectivity index (χ1n) is 28.1. The molecule has 5 aromatic rings. The van der Waals surface area contributed by atoms with Crippen molar-refractivity contribution in [2.75, 3.05) is 53.7 Å². The largest absolute Gasteiger partial charge is 0.508 e. The van der Waals surface area contributed by atoms with E-state index in [1.807, 2.05) is 68.6 Å². The van der Waals surface area contributed by atoms with Crippen LogP contribution >= 0.6 is 11.3 Å². The van der Waals surface area contributed by atoms with Gasteiger partial charge >= 0.3 is 0 Å². The normalized spacial score (nSPS) is 12.6. The first-order valence-corrected chi connectivity index (χ1v) is 28.9. The van der Waals surface area contributed by atoms with Crippen molar-refractivity contribution >= 4 is 70.0 Å². The standard InChI is InChI=1S/C26H45N3O3.C15H16OS.C12H12N2O2.C10H19NO2.CH3NO/c1-8-21(4)26(23(6)29-28-22(5)20(2)3)19-24-9-11-25(12-10-24)32-18-17-31-16-15-30-14-13-27-7;1-9-11(3)17-12(4)15(9)10(2)13-5-7-14(16)8-6-13;1-8(16)9-4-2-5-10-12(9)14-11(13-10)6-3-7-15;1-4-8(2)9(7-12)5-6-10(13)11-3;2-1-3/h9-12,20-21,26-27H,8,13-19H2,1-7H3;5-8,16H,2H2,1,3-4H3;2,4-5,7H,3,6H2,1H3,(H,13,14);7-9H,4-6H2,1-3H3,(H,11,13);1H,(H2,2,3)/b28-22-,29-23+;;;;/t21?,26-;;;;/m1..../s1. The number of aldehydes is 2. The maximum Gasteiger partial charge on any atom is 0.219 e. The van der Waals surface area contributed by atoms with E-state index >= 15 is 0 Å². The minimum absolute atomic E-state index is 0.000891. The molecule has 81 heavy (non-hydrogen) atoms. The van der Waals surface area contributed by atoms with E-state index in [0.29, 0.717) is 93.5 Å². The molecular weight excluding hydrogens is 1040 g/mol. The number of amides is 2. The zero-order valence-corrected chi connectivity index (χ0v) is 51.7. The van der Waals surface area contributed by atoms with Crippen LogP contribution in [0.1, 0.15) is 143 Å². The number of H-pyrrole nitrogens is 1. The Morgan fingerprint density at radius 1 is 0.827 bits per heavy atom. The molecule has 4 atom stereocenters. The summed E-state index contributed by atoms with van der Waals surface area (Å²) < 4.78 is 16.8. The van der Waals surface area contributed by atoms with Crippen molar-refractivity contribution in [2.24, 2.45) is 45.5 Å². The number of nitrogens with zero attached hydrogens (tertiary/aromatic N) is 3. The van der Waals surface area contributed by atoms with Crippen LogP contribution in [0.5, 0.6) is 11.5 Å². The molecule has 2 heterocycles. The number of para-hydroxylation sites is 1. The summed E-state index contributed by atoms with van der Waals surface area (Å²) in [5.41, 5.74) is 14.4. The molecule has 0 fully saturated rings. The van der Waals surface area contributed by atoms with Gasteiger partial charge in [0.1, 0.15) is 36.5 Å². The Bertz CT molecular complexity index is 2690. The second-order valence-electron chi connectivity index (χ2n) is 20.1. The van der Waals surface area contributed by atoms with Gasteiger partial charge < -0.3 is 50.3 Å². The van der Waals surface area contributed by atoms with Gasteiger partial charge in [-0.25, -0.2) is 4.98 Å². The number of hydrogen-bond donors (Lipinski definition) is 5. The molecule has 6 N–H and O–H groups in total. The van der Waals surface area contributed by atoms with Crippen molar-refractivity contribution < 1.29 is 43.3 Å². The van der Waals surface area contributed by atoms with Crippen LogP contribution < -0.4 is 21.1 Å².